The molecule has 90 valence electrons. The molecule has 2 aromatic rings. The Morgan fingerprint density at radius 2 is 1.94 bits per heavy atom. The van der Waals surface area contributed by atoms with E-state index in [4.69, 9.17) is 22.1 Å². The lowest BCUT2D eigenvalue weighted by atomic mass is 10.0. The summed E-state index contributed by atoms with van der Waals surface area (Å²) in [7, 11) is 1.67. The van der Waals surface area contributed by atoms with Crippen LogP contribution in [0, 0.1) is 0 Å². The third-order valence-electron chi connectivity index (χ3n) is 2.66. The van der Waals surface area contributed by atoms with E-state index in [1.165, 1.54) is 0 Å². The molecule has 0 amide bonds. The number of hydrogen-bond donors (Lipinski definition) is 1. The second kappa shape index (κ2) is 5.65. The lowest BCUT2D eigenvalue weighted by Gasteiger charge is -2.22. The number of hydrogen-bond acceptors (Lipinski definition) is 3. The molecule has 17 heavy (non-hydrogen) atoms. The smallest absolute Gasteiger partial charge is 0.102 e. The largest absolute Gasteiger partial charge is 0.375 e. The molecule has 1 heterocycles. The van der Waals surface area contributed by atoms with Crippen LogP contribution in [-0.2, 0) is 4.74 Å². The molecule has 2 N–H and O–H groups in total. The standard InChI is InChI=1S/C13H14ClNOS/c1-16-12(9-5-3-2-4-6-9)11(15)13-10(14)7-8-17-13/h2-8,11-12H,15H2,1H3. The van der Waals surface area contributed by atoms with Crippen LogP contribution in [0.5, 0.6) is 0 Å². The van der Waals surface area contributed by atoms with Crippen LogP contribution in [0.3, 0.4) is 0 Å². The Morgan fingerprint density at radius 1 is 1.24 bits per heavy atom. The van der Waals surface area contributed by atoms with E-state index in [2.05, 4.69) is 0 Å². The molecule has 2 atom stereocenters. The molecule has 1 aromatic heterocycles. The first-order valence-electron chi connectivity index (χ1n) is 5.30. The Labute approximate surface area is 110 Å². The molecule has 2 unspecified atom stereocenters. The van der Waals surface area contributed by atoms with E-state index in [1.807, 2.05) is 41.8 Å². The second-order valence-corrected chi connectivity index (χ2v) is 5.08. The van der Waals surface area contributed by atoms with E-state index in [-0.39, 0.29) is 12.1 Å². The van der Waals surface area contributed by atoms with Gasteiger partial charge in [0.05, 0.1) is 11.1 Å². The zero-order chi connectivity index (χ0) is 12.3. The molecule has 0 saturated heterocycles. The fourth-order valence-corrected chi connectivity index (χ4v) is 3.02. The summed E-state index contributed by atoms with van der Waals surface area (Å²) in [5.74, 6) is 0. The van der Waals surface area contributed by atoms with Gasteiger partial charge in [-0.3, -0.25) is 0 Å². The predicted octanol–water partition coefficient (Wildman–Crippen LogP) is 3.79. The van der Waals surface area contributed by atoms with Crippen LogP contribution in [0.1, 0.15) is 22.6 Å². The van der Waals surface area contributed by atoms with E-state index < -0.39 is 0 Å². The monoisotopic (exact) mass is 267 g/mol. The van der Waals surface area contributed by atoms with Gasteiger partial charge in [0.2, 0.25) is 0 Å². The van der Waals surface area contributed by atoms with E-state index >= 15 is 0 Å². The van der Waals surface area contributed by atoms with E-state index in [0.29, 0.717) is 5.02 Å². The van der Waals surface area contributed by atoms with E-state index in [0.717, 1.165) is 10.4 Å². The van der Waals surface area contributed by atoms with E-state index in [1.54, 1.807) is 18.4 Å². The molecule has 0 aliphatic rings. The highest BCUT2D eigenvalue weighted by Crippen LogP contribution is 2.36. The Morgan fingerprint density at radius 3 is 2.47 bits per heavy atom. The molecule has 0 aliphatic heterocycles. The van der Waals surface area contributed by atoms with E-state index in [9.17, 15) is 0 Å². The van der Waals surface area contributed by atoms with Gasteiger partial charge >= 0.3 is 0 Å². The summed E-state index contributed by atoms with van der Waals surface area (Å²) in [5.41, 5.74) is 7.29. The summed E-state index contributed by atoms with van der Waals surface area (Å²) in [5, 5.41) is 2.65. The molecule has 0 aliphatic carbocycles. The highest BCUT2D eigenvalue weighted by atomic mass is 35.5. The molecule has 4 heteroatoms. The number of methoxy groups -OCH3 is 1. The number of benzene rings is 1. The lowest BCUT2D eigenvalue weighted by Crippen LogP contribution is -2.20. The molecule has 1 aromatic carbocycles. The third-order valence-corrected chi connectivity index (χ3v) is 4.12. The van der Waals surface area contributed by atoms with Gasteiger partial charge in [0.15, 0.2) is 0 Å². The Hall–Kier alpha value is -0.870. The highest BCUT2D eigenvalue weighted by Gasteiger charge is 2.23. The first-order chi connectivity index (χ1) is 8.24. The van der Waals surface area contributed by atoms with Gasteiger partial charge in [-0.05, 0) is 17.0 Å². The van der Waals surface area contributed by atoms with Crippen molar-refractivity contribution in [3.8, 4) is 0 Å². The van der Waals surface area contributed by atoms with Crippen LogP contribution in [0.25, 0.3) is 0 Å². The van der Waals surface area contributed by atoms with Gasteiger partial charge in [0.25, 0.3) is 0 Å². The summed E-state index contributed by atoms with van der Waals surface area (Å²) in [6, 6.07) is 11.6. The molecule has 0 saturated carbocycles. The van der Waals surface area contributed by atoms with Gasteiger partial charge in [-0.1, -0.05) is 41.9 Å². The number of thiophene rings is 1. The van der Waals surface area contributed by atoms with Crippen LogP contribution in [0.15, 0.2) is 41.8 Å². The zero-order valence-electron chi connectivity index (χ0n) is 9.47. The molecule has 0 fully saturated rings. The van der Waals surface area contributed by atoms with Crippen LogP contribution in [0.4, 0.5) is 0 Å². The summed E-state index contributed by atoms with van der Waals surface area (Å²) < 4.78 is 5.50. The fourth-order valence-electron chi connectivity index (χ4n) is 1.81. The van der Waals surface area contributed by atoms with Crippen molar-refractivity contribution in [3.05, 3.63) is 57.2 Å². The normalized spacial score (nSPS) is 14.5. The molecular formula is C13H14ClNOS. The minimum Gasteiger partial charge on any atom is -0.375 e. The Kier molecular flexibility index (Phi) is 4.18. The maximum Gasteiger partial charge on any atom is 0.102 e. The van der Waals surface area contributed by atoms with Gasteiger partial charge in [0, 0.05) is 12.0 Å². The SMILES string of the molecule is COC(c1ccccc1)C(N)c1sccc1Cl. The summed E-state index contributed by atoms with van der Waals surface area (Å²) in [6.45, 7) is 0. The van der Waals surface area contributed by atoms with Crippen molar-refractivity contribution < 1.29 is 4.74 Å². The topological polar surface area (TPSA) is 35.2 Å². The average molecular weight is 268 g/mol. The summed E-state index contributed by atoms with van der Waals surface area (Å²) in [4.78, 5) is 0.961. The van der Waals surface area contributed by atoms with Crippen LogP contribution >= 0.6 is 22.9 Å². The summed E-state index contributed by atoms with van der Waals surface area (Å²) in [6.07, 6.45) is -0.174. The van der Waals surface area contributed by atoms with Crippen molar-refractivity contribution in [2.24, 2.45) is 5.73 Å². The zero-order valence-corrected chi connectivity index (χ0v) is 11.0. The van der Waals surface area contributed by atoms with Crippen molar-refractivity contribution in [3.63, 3.8) is 0 Å². The molecule has 0 radical (unpaired) electrons. The van der Waals surface area contributed by atoms with Gasteiger partial charge in [-0.25, -0.2) is 0 Å². The first-order valence-corrected chi connectivity index (χ1v) is 6.56. The molecule has 2 nitrogen and oxygen atoms in total. The third kappa shape index (κ3) is 2.69. The first kappa shape index (κ1) is 12.6. The van der Waals surface area contributed by atoms with Gasteiger partial charge in [0.1, 0.15) is 6.10 Å². The number of ether oxygens (including phenoxy) is 1. The minimum atomic E-state index is -0.241. The van der Waals surface area contributed by atoms with Crippen LogP contribution < -0.4 is 5.73 Å². The van der Waals surface area contributed by atoms with Gasteiger partial charge in [-0.15, -0.1) is 11.3 Å². The second-order valence-electron chi connectivity index (χ2n) is 3.73. The average Bonchev–Trinajstić information content (AvgIpc) is 2.77. The maximum absolute atomic E-state index is 6.23. The quantitative estimate of drug-likeness (QED) is 0.915. The minimum absolute atomic E-state index is 0.174. The highest BCUT2D eigenvalue weighted by molar-refractivity contribution is 7.10. The van der Waals surface area contributed by atoms with Crippen molar-refractivity contribution in [1.82, 2.24) is 0 Å². The molecule has 0 bridgehead atoms. The predicted molar refractivity (Wildman–Crippen MR) is 72.4 cm³/mol. The van der Waals surface area contributed by atoms with Crippen molar-refractivity contribution in [2.75, 3.05) is 7.11 Å². The van der Waals surface area contributed by atoms with Gasteiger partial charge < -0.3 is 10.5 Å². The number of halogens is 1. The van der Waals surface area contributed by atoms with Crippen LogP contribution in [0.2, 0.25) is 5.02 Å². The van der Waals surface area contributed by atoms with Crippen LogP contribution in [-0.4, -0.2) is 7.11 Å². The number of rotatable bonds is 4. The fraction of sp³-hybridized carbons (Fsp3) is 0.231. The lowest BCUT2D eigenvalue weighted by molar-refractivity contribution is 0.0812. The van der Waals surface area contributed by atoms with Gasteiger partial charge in [-0.2, -0.15) is 0 Å². The molecule has 0 spiro atoms. The Balaban J connectivity index is 2.28. The summed E-state index contributed by atoms with van der Waals surface area (Å²) >= 11 is 7.66. The molecule has 2 rings (SSSR count). The maximum atomic E-state index is 6.23. The van der Waals surface area contributed by atoms with Crippen molar-refractivity contribution in [1.29, 1.82) is 0 Å². The Bertz CT molecular complexity index is 471. The molecular weight excluding hydrogens is 254 g/mol. The van der Waals surface area contributed by atoms with Crippen molar-refractivity contribution in [2.45, 2.75) is 12.1 Å². The van der Waals surface area contributed by atoms with Crippen molar-refractivity contribution >= 4 is 22.9 Å². The number of nitrogens with two attached hydrogens (primary N) is 1.